The second-order valence-electron chi connectivity index (χ2n) is 8.89. The highest BCUT2D eigenvalue weighted by Gasteiger charge is 2.53. The first-order valence-corrected chi connectivity index (χ1v) is 12.3. The van der Waals surface area contributed by atoms with Gasteiger partial charge in [-0.3, -0.25) is 5.32 Å². The van der Waals surface area contributed by atoms with Crippen LogP contribution in [0.4, 0.5) is 4.79 Å². The summed E-state index contributed by atoms with van der Waals surface area (Å²) in [6, 6.07) is 23.7. The third-order valence-electron chi connectivity index (χ3n) is 6.30. The minimum atomic E-state index is -2.49. The number of rotatable bonds is 10. The van der Waals surface area contributed by atoms with Crippen LogP contribution in [0.3, 0.4) is 0 Å². The summed E-state index contributed by atoms with van der Waals surface area (Å²) in [5, 5.41) is 13.3. The maximum absolute atomic E-state index is 13.4. The number of carboxylic acids is 1. The number of nitrogens with zero attached hydrogens (tertiary/aromatic N) is 2. The third-order valence-corrected chi connectivity index (χ3v) is 6.30. The average Bonchev–Trinajstić information content (AvgIpc) is 2.95. The van der Waals surface area contributed by atoms with E-state index in [0.29, 0.717) is 11.1 Å². The molecule has 0 radical (unpaired) electrons. The first kappa shape index (κ1) is 27.9. The number of ether oxygens (including phenoxy) is 4. The molecule has 1 amide bonds. The van der Waals surface area contributed by atoms with E-state index in [0.717, 1.165) is 11.1 Å². The fourth-order valence-electron chi connectivity index (χ4n) is 4.17. The van der Waals surface area contributed by atoms with Crippen molar-refractivity contribution in [3.63, 3.8) is 0 Å². The highest BCUT2D eigenvalue weighted by molar-refractivity contribution is 5.86. The van der Waals surface area contributed by atoms with Gasteiger partial charge in [-0.1, -0.05) is 66.7 Å². The Morgan fingerprint density at radius 1 is 0.800 bits per heavy atom. The van der Waals surface area contributed by atoms with Gasteiger partial charge in [0.1, 0.15) is 5.75 Å². The number of carbonyl (C=O) groups excluding carboxylic acids is 1. The van der Waals surface area contributed by atoms with Crippen molar-refractivity contribution in [3.05, 3.63) is 107 Å². The molecule has 0 bridgehead atoms. The Morgan fingerprint density at radius 3 is 1.82 bits per heavy atom. The quantitative estimate of drug-likeness (QED) is 0.269. The number of nitrogens with one attached hydrogen (secondary N) is 1. The van der Waals surface area contributed by atoms with Gasteiger partial charge in [0.15, 0.2) is 0 Å². The van der Waals surface area contributed by atoms with Crippen molar-refractivity contribution in [2.24, 2.45) is 0 Å². The van der Waals surface area contributed by atoms with Gasteiger partial charge in [0.25, 0.3) is 5.72 Å². The topological polar surface area (TPSA) is 129 Å². The van der Waals surface area contributed by atoms with Crippen molar-refractivity contribution >= 4 is 12.1 Å². The molecule has 40 heavy (non-hydrogen) atoms. The molecular formula is C30H29N3O7. The van der Waals surface area contributed by atoms with E-state index < -0.39 is 29.7 Å². The molecule has 2 N–H and O–H groups in total. The largest absolute Gasteiger partial charge is 0.481 e. The van der Waals surface area contributed by atoms with Crippen molar-refractivity contribution in [2.75, 3.05) is 14.2 Å². The number of amides is 1. The molecule has 4 aromatic rings. The number of aromatic nitrogens is 2. The summed E-state index contributed by atoms with van der Waals surface area (Å²) in [6.07, 6.45) is -1.06. The second-order valence-corrected chi connectivity index (χ2v) is 8.89. The van der Waals surface area contributed by atoms with E-state index in [-0.39, 0.29) is 17.5 Å². The molecule has 0 aliphatic rings. The smallest absolute Gasteiger partial charge is 0.416 e. The Balaban J connectivity index is 1.88. The molecule has 0 fully saturated rings. The number of benzene rings is 3. The van der Waals surface area contributed by atoms with Gasteiger partial charge in [0, 0.05) is 0 Å². The van der Waals surface area contributed by atoms with Crippen LogP contribution < -0.4 is 24.3 Å². The molecule has 0 aliphatic heterocycles. The maximum Gasteiger partial charge on any atom is 0.416 e. The Hall–Kier alpha value is -5.12. The third kappa shape index (κ3) is 6.12. The van der Waals surface area contributed by atoms with Gasteiger partial charge in [-0.2, -0.15) is 9.97 Å². The van der Waals surface area contributed by atoms with Crippen LogP contribution in [0.1, 0.15) is 28.2 Å². The zero-order valence-electron chi connectivity index (χ0n) is 22.5. The monoisotopic (exact) mass is 543 g/mol. The van der Waals surface area contributed by atoms with Crippen LogP contribution in [-0.2, 0) is 4.79 Å². The summed E-state index contributed by atoms with van der Waals surface area (Å²) >= 11 is 0. The number of hydrogen-bond donors (Lipinski definition) is 2. The van der Waals surface area contributed by atoms with E-state index in [1.807, 2.05) is 13.8 Å². The molecule has 0 unspecified atom stereocenters. The zero-order valence-corrected chi connectivity index (χ0v) is 22.5. The van der Waals surface area contributed by atoms with E-state index in [2.05, 4.69) is 15.3 Å². The van der Waals surface area contributed by atoms with E-state index in [4.69, 9.17) is 18.9 Å². The van der Waals surface area contributed by atoms with Gasteiger partial charge in [0.2, 0.25) is 11.8 Å². The van der Waals surface area contributed by atoms with Crippen LogP contribution in [0, 0.1) is 13.8 Å². The van der Waals surface area contributed by atoms with Gasteiger partial charge < -0.3 is 24.1 Å². The Morgan fingerprint density at radius 2 is 1.35 bits per heavy atom. The average molecular weight is 544 g/mol. The molecule has 4 rings (SSSR count). The van der Waals surface area contributed by atoms with Crippen molar-refractivity contribution in [1.82, 2.24) is 15.3 Å². The fourth-order valence-corrected chi connectivity index (χ4v) is 4.17. The molecule has 1 atom stereocenters. The van der Waals surface area contributed by atoms with Crippen molar-refractivity contribution in [3.8, 4) is 23.5 Å². The lowest BCUT2D eigenvalue weighted by atomic mass is 9.82. The van der Waals surface area contributed by atoms with Crippen molar-refractivity contribution in [1.29, 1.82) is 0 Å². The molecule has 1 aromatic heterocycles. The fraction of sp³-hybridized carbons (Fsp3) is 0.200. The number of methoxy groups -OCH3 is 2. The Bertz CT molecular complexity index is 1420. The lowest BCUT2D eigenvalue weighted by Gasteiger charge is -2.37. The molecular weight excluding hydrogens is 514 g/mol. The lowest BCUT2D eigenvalue weighted by molar-refractivity contribution is -0.160. The van der Waals surface area contributed by atoms with Gasteiger partial charge in [0.05, 0.1) is 26.2 Å². The van der Waals surface area contributed by atoms with Crippen LogP contribution in [0.5, 0.6) is 23.5 Å². The van der Waals surface area contributed by atoms with E-state index >= 15 is 0 Å². The number of aryl methyl sites for hydroxylation is 2. The predicted octanol–water partition coefficient (Wildman–Crippen LogP) is 4.89. The highest BCUT2D eigenvalue weighted by Crippen LogP contribution is 2.37. The molecule has 0 saturated heterocycles. The number of carboxylic acid groups (broad SMARTS) is 1. The molecule has 206 valence electrons. The van der Waals surface area contributed by atoms with Crippen LogP contribution in [0.25, 0.3) is 0 Å². The molecule has 3 aromatic carbocycles. The summed E-state index contributed by atoms with van der Waals surface area (Å²) in [4.78, 5) is 35.0. The minimum Gasteiger partial charge on any atom is -0.481 e. The maximum atomic E-state index is 13.4. The predicted molar refractivity (Wildman–Crippen MR) is 146 cm³/mol. The first-order chi connectivity index (χ1) is 19.3. The Labute approximate surface area is 231 Å². The summed E-state index contributed by atoms with van der Waals surface area (Å²) < 4.78 is 22.0. The van der Waals surface area contributed by atoms with Gasteiger partial charge in [-0.15, -0.1) is 0 Å². The standard InChI is InChI=1S/C30H29N3O7/c1-19-15-16-23(17-20(19)2)39-29(36)33-30(27(34)35,40-28-31-24(37-3)18-25(32-28)38-4)26(21-11-7-5-8-12-21)22-13-9-6-10-14-22/h5-18,26H,1-4H3,(H,33,36)(H,34,35)/t30-/m1/s1. The molecule has 10 nitrogen and oxygen atoms in total. The van der Waals surface area contributed by atoms with Crippen molar-refractivity contribution in [2.45, 2.75) is 25.5 Å². The van der Waals surface area contributed by atoms with Crippen LogP contribution in [0.15, 0.2) is 84.9 Å². The number of aliphatic carboxylic acids is 1. The highest BCUT2D eigenvalue weighted by atomic mass is 16.6. The first-order valence-electron chi connectivity index (χ1n) is 12.3. The van der Waals surface area contributed by atoms with Crippen molar-refractivity contribution < 1.29 is 33.6 Å². The summed E-state index contributed by atoms with van der Waals surface area (Å²) in [7, 11) is 2.76. The summed E-state index contributed by atoms with van der Waals surface area (Å²) in [6.45, 7) is 3.80. The zero-order chi connectivity index (χ0) is 28.7. The number of carbonyl (C=O) groups is 2. The normalized spacial score (nSPS) is 12.2. The van der Waals surface area contributed by atoms with E-state index in [1.165, 1.54) is 20.3 Å². The van der Waals surface area contributed by atoms with Crippen LogP contribution >= 0.6 is 0 Å². The van der Waals surface area contributed by atoms with Gasteiger partial charge in [-0.25, -0.2) is 9.59 Å². The molecule has 0 spiro atoms. The molecule has 1 heterocycles. The molecule has 0 saturated carbocycles. The summed E-state index contributed by atoms with van der Waals surface area (Å²) in [5.41, 5.74) is 0.495. The minimum absolute atomic E-state index is 0.0646. The lowest BCUT2D eigenvalue weighted by Crippen LogP contribution is -2.63. The van der Waals surface area contributed by atoms with Gasteiger partial charge in [-0.05, 0) is 48.2 Å². The number of hydrogen-bond acceptors (Lipinski definition) is 8. The summed E-state index contributed by atoms with van der Waals surface area (Å²) in [5.74, 6) is -2.24. The molecule has 0 aliphatic carbocycles. The molecule has 10 heteroatoms. The second kappa shape index (κ2) is 12.2. The van der Waals surface area contributed by atoms with Crippen LogP contribution in [0.2, 0.25) is 0 Å². The SMILES string of the molecule is COc1cc(OC)nc(O[C@@](NC(=O)Oc2ccc(C)c(C)c2)(C(=O)O)C(c2ccccc2)c2ccccc2)n1. The van der Waals surface area contributed by atoms with Crippen LogP contribution in [-0.4, -0.2) is 47.1 Å². The Kier molecular flexibility index (Phi) is 8.48. The van der Waals surface area contributed by atoms with Gasteiger partial charge >= 0.3 is 18.1 Å². The van der Waals surface area contributed by atoms with E-state index in [1.54, 1.807) is 78.9 Å². The van der Waals surface area contributed by atoms with E-state index in [9.17, 15) is 14.7 Å².